The highest BCUT2D eigenvalue weighted by Gasteiger charge is 2.37. The molecule has 4 nitrogen and oxygen atoms in total. The van der Waals surface area contributed by atoms with E-state index >= 15 is 0 Å². The Bertz CT molecular complexity index is 1070. The predicted molar refractivity (Wildman–Crippen MR) is 124 cm³/mol. The Morgan fingerprint density at radius 2 is 2.10 bits per heavy atom. The normalized spacial score (nSPS) is 14.2. The van der Waals surface area contributed by atoms with E-state index in [9.17, 15) is 8.78 Å². The van der Waals surface area contributed by atoms with Crippen LogP contribution in [0.1, 0.15) is 28.3 Å². The van der Waals surface area contributed by atoms with Gasteiger partial charge in [0.2, 0.25) is 0 Å². The van der Waals surface area contributed by atoms with Crippen LogP contribution in [-0.2, 0) is 6.54 Å². The van der Waals surface area contributed by atoms with Crippen molar-refractivity contribution in [2.24, 2.45) is 5.84 Å². The average Bonchev–Trinajstić information content (AvgIpc) is 3.08. The zero-order valence-corrected chi connectivity index (χ0v) is 19.2. The molecule has 3 rings (SSSR count). The van der Waals surface area contributed by atoms with Gasteiger partial charge in [-0.3, -0.25) is 5.01 Å². The van der Waals surface area contributed by atoms with E-state index in [2.05, 4.69) is 13.2 Å². The molecule has 0 aliphatic carbocycles. The molecule has 1 aliphatic rings. The van der Waals surface area contributed by atoms with Gasteiger partial charge in [0.15, 0.2) is 0 Å². The number of hydrogen-bond acceptors (Lipinski definition) is 5. The standard InChI is InChI=1S/C23H24ClF2N3OS/c1-13-10-19(26)18-12-28(14(2)21(18)22(13)24)23(15(3)29(27)8-9-31-5)17-11-16(25)6-7-20(17)30-4/h6-11,23H,2-3,12,27H2,1,4-5H3/b9-8-. The van der Waals surface area contributed by atoms with Crippen molar-refractivity contribution in [1.82, 2.24) is 9.91 Å². The second kappa shape index (κ2) is 9.34. The Balaban J connectivity index is 2.16. The highest BCUT2D eigenvalue weighted by molar-refractivity contribution is 8.01. The third-order valence-electron chi connectivity index (χ3n) is 5.27. The average molecular weight is 464 g/mol. The molecule has 2 aromatic carbocycles. The maximum absolute atomic E-state index is 14.8. The van der Waals surface area contributed by atoms with Crippen molar-refractivity contribution >= 4 is 29.1 Å². The third kappa shape index (κ3) is 4.31. The first kappa shape index (κ1) is 23.2. The lowest BCUT2D eigenvalue weighted by atomic mass is 10.00. The summed E-state index contributed by atoms with van der Waals surface area (Å²) in [6.45, 7) is 10.2. The molecule has 164 valence electrons. The number of fused-ring (bicyclic) bond motifs is 1. The fraction of sp³-hybridized carbons (Fsp3) is 0.217. The summed E-state index contributed by atoms with van der Waals surface area (Å²) in [5, 5.41) is 3.58. The molecule has 0 spiro atoms. The van der Waals surface area contributed by atoms with Crippen LogP contribution in [0.2, 0.25) is 5.02 Å². The SMILES string of the molecule is C=C(C(c1cc(F)ccc1OC)N1Cc2c(F)cc(C)c(Cl)c2C1=C)N(N)/C=C\SC. The monoisotopic (exact) mass is 463 g/mol. The van der Waals surface area contributed by atoms with Gasteiger partial charge in [-0.25, -0.2) is 14.6 Å². The Hall–Kier alpha value is -2.48. The van der Waals surface area contributed by atoms with Gasteiger partial charge in [-0.15, -0.1) is 11.8 Å². The summed E-state index contributed by atoms with van der Waals surface area (Å²) in [5.41, 5.74) is 3.00. The molecule has 0 amide bonds. The minimum absolute atomic E-state index is 0.170. The first-order valence-electron chi connectivity index (χ1n) is 9.40. The number of aryl methyl sites for hydroxylation is 1. The molecular formula is C23H24ClF2N3OS. The third-order valence-corrected chi connectivity index (χ3v) is 6.15. The Morgan fingerprint density at radius 3 is 2.74 bits per heavy atom. The predicted octanol–water partition coefficient (Wildman–Crippen LogP) is 5.99. The minimum atomic E-state index is -0.683. The molecule has 0 aromatic heterocycles. The number of benzene rings is 2. The minimum Gasteiger partial charge on any atom is -0.496 e. The van der Waals surface area contributed by atoms with Gasteiger partial charge >= 0.3 is 0 Å². The molecule has 8 heteroatoms. The molecule has 2 N–H and O–H groups in total. The lowest BCUT2D eigenvalue weighted by Crippen LogP contribution is -2.34. The number of methoxy groups -OCH3 is 1. The number of nitrogens with two attached hydrogens (primary N) is 1. The molecule has 0 bridgehead atoms. The van der Waals surface area contributed by atoms with E-state index in [1.807, 2.05) is 11.2 Å². The van der Waals surface area contributed by atoms with E-state index in [0.717, 1.165) is 0 Å². The molecule has 1 aliphatic heterocycles. The van der Waals surface area contributed by atoms with Gasteiger partial charge in [0.25, 0.3) is 0 Å². The Morgan fingerprint density at radius 1 is 1.39 bits per heavy atom. The maximum Gasteiger partial charge on any atom is 0.129 e. The maximum atomic E-state index is 14.8. The van der Waals surface area contributed by atoms with Crippen LogP contribution in [0.25, 0.3) is 5.70 Å². The van der Waals surface area contributed by atoms with Gasteiger partial charge in [-0.1, -0.05) is 24.8 Å². The molecular weight excluding hydrogens is 440 g/mol. The molecule has 1 heterocycles. The molecule has 0 saturated heterocycles. The largest absolute Gasteiger partial charge is 0.496 e. The number of halogens is 3. The van der Waals surface area contributed by atoms with Crippen LogP contribution in [0.4, 0.5) is 8.78 Å². The summed E-state index contributed by atoms with van der Waals surface area (Å²) in [4.78, 5) is 1.81. The Kier molecular flexibility index (Phi) is 6.99. The van der Waals surface area contributed by atoms with E-state index in [4.69, 9.17) is 22.2 Å². The van der Waals surface area contributed by atoms with E-state index in [1.54, 1.807) is 18.5 Å². The number of thioether (sulfide) groups is 1. The number of rotatable bonds is 7. The van der Waals surface area contributed by atoms with E-state index in [0.29, 0.717) is 44.4 Å². The van der Waals surface area contributed by atoms with Gasteiger partial charge in [-0.05, 0) is 48.4 Å². The van der Waals surface area contributed by atoms with Crippen LogP contribution in [0, 0.1) is 18.6 Å². The molecule has 0 radical (unpaired) electrons. The number of hydrogen-bond donors (Lipinski definition) is 1. The van der Waals surface area contributed by atoms with Crippen molar-refractivity contribution in [1.29, 1.82) is 0 Å². The van der Waals surface area contributed by atoms with Gasteiger partial charge in [0.1, 0.15) is 17.4 Å². The highest BCUT2D eigenvalue weighted by Crippen LogP contribution is 2.47. The number of ether oxygens (including phenoxy) is 1. The van der Waals surface area contributed by atoms with Crippen molar-refractivity contribution in [2.45, 2.75) is 19.5 Å². The van der Waals surface area contributed by atoms with Gasteiger partial charge in [0, 0.05) is 35.1 Å². The van der Waals surface area contributed by atoms with Crippen LogP contribution in [0.5, 0.6) is 5.75 Å². The molecule has 0 fully saturated rings. The van der Waals surface area contributed by atoms with Crippen LogP contribution < -0.4 is 10.6 Å². The molecule has 1 unspecified atom stereocenters. The van der Waals surface area contributed by atoms with Crippen LogP contribution in [-0.4, -0.2) is 23.3 Å². The zero-order valence-electron chi connectivity index (χ0n) is 17.6. The summed E-state index contributed by atoms with van der Waals surface area (Å²) in [5.74, 6) is 5.84. The fourth-order valence-electron chi connectivity index (χ4n) is 3.71. The van der Waals surface area contributed by atoms with Crippen LogP contribution in [0.3, 0.4) is 0 Å². The summed E-state index contributed by atoms with van der Waals surface area (Å²) in [6.07, 6.45) is 3.54. The topological polar surface area (TPSA) is 41.7 Å². The van der Waals surface area contributed by atoms with Crippen molar-refractivity contribution in [3.05, 3.63) is 93.6 Å². The lowest BCUT2D eigenvalue weighted by molar-refractivity contribution is 0.279. The van der Waals surface area contributed by atoms with E-state index < -0.39 is 11.9 Å². The summed E-state index contributed by atoms with van der Waals surface area (Å²) in [7, 11) is 1.50. The Labute approximate surface area is 190 Å². The quantitative estimate of drug-likeness (QED) is 0.403. The molecule has 2 aromatic rings. The van der Waals surface area contributed by atoms with Gasteiger partial charge in [-0.2, -0.15) is 0 Å². The van der Waals surface area contributed by atoms with Crippen LogP contribution in [0.15, 0.2) is 54.7 Å². The second-order valence-corrected chi connectivity index (χ2v) is 8.25. The first-order chi connectivity index (χ1) is 14.7. The molecule has 31 heavy (non-hydrogen) atoms. The molecule has 0 saturated carbocycles. The summed E-state index contributed by atoms with van der Waals surface area (Å²) < 4.78 is 34.6. The number of hydrazine groups is 1. The fourth-order valence-corrected chi connectivity index (χ4v) is 4.24. The van der Waals surface area contributed by atoms with Crippen molar-refractivity contribution < 1.29 is 13.5 Å². The first-order valence-corrected chi connectivity index (χ1v) is 11.1. The number of nitrogens with zero attached hydrogens (tertiary/aromatic N) is 2. The second-order valence-electron chi connectivity index (χ2n) is 7.13. The summed E-state index contributed by atoms with van der Waals surface area (Å²) in [6, 6.07) is 4.93. The van der Waals surface area contributed by atoms with Gasteiger partial charge in [0.05, 0.1) is 23.9 Å². The smallest absolute Gasteiger partial charge is 0.129 e. The highest BCUT2D eigenvalue weighted by atomic mass is 35.5. The lowest BCUT2D eigenvalue weighted by Gasteiger charge is -2.35. The van der Waals surface area contributed by atoms with E-state index in [1.165, 1.54) is 48.1 Å². The molecule has 1 atom stereocenters. The van der Waals surface area contributed by atoms with Crippen LogP contribution >= 0.6 is 23.4 Å². The van der Waals surface area contributed by atoms with Gasteiger partial charge < -0.3 is 9.64 Å². The summed E-state index contributed by atoms with van der Waals surface area (Å²) >= 11 is 7.97. The zero-order chi connectivity index (χ0) is 22.9. The van der Waals surface area contributed by atoms with Crippen molar-refractivity contribution in [3.8, 4) is 5.75 Å². The van der Waals surface area contributed by atoms with E-state index in [-0.39, 0.29) is 12.4 Å². The van der Waals surface area contributed by atoms with Crippen molar-refractivity contribution in [3.63, 3.8) is 0 Å². The van der Waals surface area contributed by atoms with Crippen molar-refractivity contribution in [2.75, 3.05) is 13.4 Å².